The molecule has 2 amide bonds. The largest absolute Gasteiger partial charge is 0.372 e. The Bertz CT molecular complexity index is 841. The maximum absolute atomic E-state index is 12.6. The summed E-state index contributed by atoms with van der Waals surface area (Å²) in [6.07, 6.45) is -0.00323. The molecule has 0 radical (unpaired) electrons. The van der Waals surface area contributed by atoms with Gasteiger partial charge in [0.15, 0.2) is 0 Å². The van der Waals surface area contributed by atoms with Crippen molar-refractivity contribution in [3.8, 4) is 0 Å². The normalized spacial score (nSPS) is 17.5. The van der Waals surface area contributed by atoms with Crippen molar-refractivity contribution in [2.45, 2.75) is 12.5 Å². The molecule has 0 aromatic heterocycles. The lowest BCUT2D eigenvalue weighted by molar-refractivity contribution is -0.121. The number of benzene rings is 2. The first-order valence-corrected chi connectivity index (χ1v) is 8.41. The standard InChI is InChI=1S/C16H10Cl4N2O2/c17-8-1-3-12(10(19)5-8)21-13-7-15(23)22(16(13)24)14-4-2-9(18)6-11(14)20/h1-6,13,21H,7H2. The summed E-state index contributed by atoms with van der Waals surface area (Å²) in [5.41, 5.74) is 0.832. The Labute approximate surface area is 158 Å². The summed E-state index contributed by atoms with van der Waals surface area (Å²) >= 11 is 23.9. The maximum atomic E-state index is 12.6. The average Bonchev–Trinajstić information content (AvgIpc) is 2.77. The fourth-order valence-electron chi connectivity index (χ4n) is 2.45. The average molecular weight is 404 g/mol. The number of imide groups is 1. The van der Waals surface area contributed by atoms with Gasteiger partial charge >= 0.3 is 0 Å². The van der Waals surface area contributed by atoms with E-state index in [1.165, 1.54) is 12.1 Å². The first kappa shape index (κ1) is 17.4. The molecule has 1 N–H and O–H groups in total. The van der Waals surface area contributed by atoms with Crippen LogP contribution in [-0.4, -0.2) is 17.9 Å². The number of halogens is 4. The molecule has 3 rings (SSSR count). The molecule has 24 heavy (non-hydrogen) atoms. The van der Waals surface area contributed by atoms with Gasteiger partial charge in [-0.2, -0.15) is 0 Å². The van der Waals surface area contributed by atoms with Gasteiger partial charge in [0.1, 0.15) is 6.04 Å². The molecule has 1 atom stereocenters. The first-order chi connectivity index (χ1) is 11.4. The topological polar surface area (TPSA) is 49.4 Å². The number of hydrogen-bond donors (Lipinski definition) is 1. The van der Waals surface area contributed by atoms with Crippen molar-refractivity contribution in [3.05, 3.63) is 56.5 Å². The fourth-order valence-corrected chi connectivity index (χ4v) is 3.41. The van der Waals surface area contributed by atoms with Crippen molar-refractivity contribution >= 4 is 69.6 Å². The van der Waals surface area contributed by atoms with E-state index in [1.54, 1.807) is 24.3 Å². The molecule has 1 aliphatic heterocycles. The summed E-state index contributed by atoms with van der Waals surface area (Å²) in [4.78, 5) is 26.0. The second-order valence-electron chi connectivity index (χ2n) is 5.19. The van der Waals surface area contributed by atoms with Crippen LogP contribution in [0.3, 0.4) is 0 Å². The van der Waals surface area contributed by atoms with Crippen LogP contribution < -0.4 is 10.2 Å². The predicted octanol–water partition coefficient (Wildman–Crippen LogP) is 5.04. The van der Waals surface area contributed by atoms with Gasteiger partial charge in [-0.15, -0.1) is 0 Å². The van der Waals surface area contributed by atoms with Gasteiger partial charge in [-0.3, -0.25) is 9.59 Å². The Morgan fingerprint density at radius 3 is 2.17 bits per heavy atom. The molecule has 8 heteroatoms. The molecule has 2 aromatic carbocycles. The highest BCUT2D eigenvalue weighted by Gasteiger charge is 2.40. The highest BCUT2D eigenvalue weighted by molar-refractivity contribution is 6.39. The van der Waals surface area contributed by atoms with E-state index in [2.05, 4.69) is 5.32 Å². The Hall–Kier alpha value is -1.46. The SMILES string of the molecule is O=C1CC(Nc2ccc(Cl)cc2Cl)C(=O)N1c1ccc(Cl)cc1Cl. The zero-order valence-corrected chi connectivity index (χ0v) is 15.0. The predicted molar refractivity (Wildman–Crippen MR) is 97.4 cm³/mol. The molecule has 1 aliphatic rings. The number of anilines is 2. The number of hydrogen-bond acceptors (Lipinski definition) is 3. The molecule has 2 aromatic rings. The summed E-state index contributed by atoms with van der Waals surface area (Å²) in [7, 11) is 0. The molecule has 1 heterocycles. The number of carbonyl (C=O) groups is 2. The summed E-state index contributed by atoms with van der Waals surface area (Å²) in [5.74, 6) is -0.762. The Morgan fingerprint density at radius 2 is 1.54 bits per heavy atom. The third-order valence-electron chi connectivity index (χ3n) is 3.56. The van der Waals surface area contributed by atoms with Gasteiger partial charge in [0.25, 0.3) is 5.91 Å². The first-order valence-electron chi connectivity index (χ1n) is 6.90. The lowest BCUT2D eigenvalue weighted by atomic mass is 10.2. The summed E-state index contributed by atoms with van der Waals surface area (Å²) in [6, 6.07) is 8.71. The summed E-state index contributed by atoms with van der Waals surface area (Å²) < 4.78 is 0. The maximum Gasteiger partial charge on any atom is 0.256 e. The Morgan fingerprint density at radius 1 is 0.917 bits per heavy atom. The highest BCUT2D eigenvalue weighted by atomic mass is 35.5. The lowest BCUT2D eigenvalue weighted by Crippen LogP contribution is -2.35. The minimum absolute atomic E-state index is 0.00323. The molecule has 0 saturated carbocycles. The number of nitrogens with one attached hydrogen (secondary N) is 1. The van der Waals surface area contributed by atoms with Crippen LogP contribution in [0.1, 0.15) is 6.42 Å². The molecular formula is C16H10Cl4N2O2. The number of carbonyl (C=O) groups excluding carboxylic acids is 2. The van der Waals surface area contributed by atoms with Crippen LogP contribution in [-0.2, 0) is 9.59 Å². The third-order valence-corrected chi connectivity index (χ3v) is 4.64. The van der Waals surface area contributed by atoms with Crippen LogP contribution in [0, 0.1) is 0 Å². The molecule has 0 spiro atoms. The zero-order valence-electron chi connectivity index (χ0n) is 12.0. The van der Waals surface area contributed by atoms with E-state index in [0.29, 0.717) is 26.4 Å². The van der Waals surface area contributed by atoms with Crippen LogP contribution in [0.5, 0.6) is 0 Å². The van der Waals surface area contributed by atoms with E-state index in [9.17, 15) is 9.59 Å². The van der Waals surface area contributed by atoms with E-state index in [-0.39, 0.29) is 17.4 Å². The van der Waals surface area contributed by atoms with E-state index < -0.39 is 11.9 Å². The third kappa shape index (κ3) is 3.33. The van der Waals surface area contributed by atoms with Crippen LogP contribution >= 0.6 is 46.4 Å². The van der Waals surface area contributed by atoms with Gasteiger partial charge in [0.2, 0.25) is 5.91 Å². The molecule has 1 saturated heterocycles. The molecule has 124 valence electrons. The van der Waals surface area contributed by atoms with E-state index in [0.717, 1.165) is 4.90 Å². The smallest absolute Gasteiger partial charge is 0.256 e. The van der Waals surface area contributed by atoms with Gasteiger partial charge in [-0.25, -0.2) is 4.90 Å². The zero-order chi connectivity index (χ0) is 17.4. The van der Waals surface area contributed by atoms with Gasteiger partial charge in [0.05, 0.1) is 27.8 Å². The van der Waals surface area contributed by atoms with Crippen LogP contribution in [0.2, 0.25) is 20.1 Å². The van der Waals surface area contributed by atoms with E-state index >= 15 is 0 Å². The fraction of sp³-hybridized carbons (Fsp3) is 0.125. The van der Waals surface area contributed by atoms with Crippen molar-refractivity contribution in [1.29, 1.82) is 0 Å². The van der Waals surface area contributed by atoms with Gasteiger partial charge in [-0.05, 0) is 36.4 Å². The van der Waals surface area contributed by atoms with Crippen molar-refractivity contribution in [1.82, 2.24) is 0 Å². The molecule has 1 unspecified atom stereocenters. The van der Waals surface area contributed by atoms with Crippen molar-refractivity contribution in [2.75, 3.05) is 10.2 Å². The summed E-state index contributed by atoms with van der Waals surface area (Å²) in [6.45, 7) is 0. The molecule has 0 aliphatic carbocycles. The lowest BCUT2D eigenvalue weighted by Gasteiger charge is -2.18. The van der Waals surface area contributed by atoms with Crippen molar-refractivity contribution in [2.24, 2.45) is 0 Å². The minimum Gasteiger partial charge on any atom is -0.372 e. The number of nitrogens with zero attached hydrogens (tertiary/aromatic N) is 1. The molecular weight excluding hydrogens is 394 g/mol. The second-order valence-corrected chi connectivity index (χ2v) is 6.88. The Kier molecular flexibility index (Phi) is 4.92. The quantitative estimate of drug-likeness (QED) is 0.730. The Balaban J connectivity index is 1.86. The number of rotatable bonds is 3. The second kappa shape index (κ2) is 6.81. The number of amides is 2. The van der Waals surface area contributed by atoms with Crippen molar-refractivity contribution in [3.63, 3.8) is 0 Å². The molecule has 0 bridgehead atoms. The van der Waals surface area contributed by atoms with Crippen LogP contribution in [0.25, 0.3) is 0 Å². The monoisotopic (exact) mass is 402 g/mol. The van der Waals surface area contributed by atoms with Crippen LogP contribution in [0.4, 0.5) is 11.4 Å². The minimum atomic E-state index is -0.733. The molecule has 4 nitrogen and oxygen atoms in total. The van der Waals surface area contributed by atoms with Crippen LogP contribution in [0.15, 0.2) is 36.4 Å². The summed E-state index contributed by atoms with van der Waals surface area (Å²) in [5, 5.41) is 4.47. The van der Waals surface area contributed by atoms with Gasteiger partial charge < -0.3 is 5.32 Å². The van der Waals surface area contributed by atoms with E-state index in [4.69, 9.17) is 46.4 Å². The van der Waals surface area contributed by atoms with E-state index in [1.807, 2.05) is 0 Å². The molecule has 1 fully saturated rings. The van der Waals surface area contributed by atoms with Gasteiger partial charge in [-0.1, -0.05) is 46.4 Å². The van der Waals surface area contributed by atoms with Crippen molar-refractivity contribution < 1.29 is 9.59 Å². The van der Waals surface area contributed by atoms with Gasteiger partial charge in [0, 0.05) is 10.0 Å². The highest BCUT2D eigenvalue weighted by Crippen LogP contribution is 2.34.